The van der Waals surface area contributed by atoms with Gasteiger partial charge in [0.15, 0.2) is 5.78 Å². The van der Waals surface area contributed by atoms with Crippen molar-refractivity contribution in [1.29, 1.82) is 0 Å². The number of carbonyl (C=O) groups excluding carboxylic acids is 7. The largest absolute Gasteiger partial charge is 0.494 e. The molecular weight excluding hydrogens is 1110 g/mol. The number of carboxylic acids is 1. The number of carboxylic acid groups (broad SMARTS) is 1. The van der Waals surface area contributed by atoms with Crippen molar-refractivity contribution in [3.63, 3.8) is 0 Å². The minimum absolute atomic E-state index is 0.00232. The summed E-state index contributed by atoms with van der Waals surface area (Å²) in [7, 11) is -4.45. The van der Waals surface area contributed by atoms with Crippen LogP contribution in [-0.4, -0.2) is 139 Å². The molecule has 0 unspecified atom stereocenters. The van der Waals surface area contributed by atoms with E-state index in [1.165, 1.54) is 26.0 Å². The summed E-state index contributed by atoms with van der Waals surface area (Å²) in [6.07, 6.45) is 2.95. The van der Waals surface area contributed by atoms with Crippen molar-refractivity contribution in [3.05, 3.63) is 89.1 Å². The monoisotopic (exact) mass is 1190 g/mol. The van der Waals surface area contributed by atoms with Gasteiger partial charge in [-0.2, -0.15) is 9.82 Å². The molecule has 0 aliphatic carbocycles. The lowest BCUT2D eigenvalue weighted by Crippen LogP contribution is -2.48. The molecule has 0 spiro atoms. The number of aliphatic imine (C=N–C) groups is 1. The van der Waals surface area contributed by atoms with Crippen molar-refractivity contribution in [1.82, 2.24) is 41.1 Å². The van der Waals surface area contributed by atoms with E-state index in [9.17, 15) is 51.9 Å². The zero-order valence-corrected chi connectivity index (χ0v) is 50.0. The van der Waals surface area contributed by atoms with Crippen molar-refractivity contribution in [3.8, 4) is 5.75 Å². The average molecular weight is 1190 g/mol. The molecule has 0 radical (unpaired) electrons. The molecule has 84 heavy (non-hydrogen) atoms. The number of alkyl carbamates (subject to hydrolysis) is 1. The summed E-state index contributed by atoms with van der Waals surface area (Å²) < 4.78 is 53.4. The molecular formula is C59H81N9O15S. The van der Waals surface area contributed by atoms with Crippen LogP contribution in [0, 0.1) is 19.8 Å². The number of aromatic nitrogens is 2. The summed E-state index contributed by atoms with van der Waals surface area (Å²) in [5.41, 5.74) is 0.625. The Balaban J connectivity index is 1.08. The van der Waals surface area contributed by atoms with E-state index in [1.54, 1.807) is 96.3 Å². The Labute approximate surface area is 490 Å². The number of ketones is 1. The Morgan fingerprint density at radius 3 is 2.08 bits per heavy atom. The number of Topliss-reactive ketones (excluding diaryl/α,β-unsaturated/α-hetero) is 1. The second kappa shape index (κ2) is 31.7. The lowest BCUT2D eigenvalue weighted by Gasteiger charge is -2.23. The van der Waals surface area contributed by atoms with Crippen LogP contribution in [0.1, 0.15) is 133 Å². The van der Waals surface area contributed by atoms with Crippen molar-refractivity contribution < 1.29 is 70.8 Å². The summed E-state index contributed by atoms with van der Waals surface area (Å²) in [6, 6.07) is 13.8. The maximum atomic E-state index is 13.9. The molecule has 3 atom stereocenters. The highest BCUT2D eigenvalue weighted by atomic mass is 32.2. The van der Waals surface area contributed by atoms with Crippen LogP contribution < -0.4 is 36.0 Å². The lowest BCUT2D eigenvalue weighted by atomic mass is 9.91. The predicted octanol–water partition coefficient (Wildman–Crippen LogP) is 5.49. The van der Waals surface area contributed by atoms with Crippen LogP contribution in [0.15, 0.2) is 76.7 Å². The molecule has 4 aromatic rings. The molecule has 0 saturated carbocycles. The van der Waals surface area contributed by atoms with E-state index in [-0.39, 0.29) is 92.3 Å². The zero-order valence-electron chi connectivity index (χ0n) is 49.2. The van der Waals surface area contributed by atoms with E-state index in [1.807, 2.05) is 4.68 Å². The van der Waals surface area contributed by atoms with Crippen LogP contribution in [0.4, 0.5) is 4.79 Å². The molecule has 458 valence electrons. The van der Waals surface area contributed by atoms with Gasteiger partial charge in [-0.1, -0.05) is 30.3 Å². The van der Waals surface area contributed by atoms with E-state index < -0.39 is 93.8 Å². The van der Waals surface area contributed by atoms with Gasteiger partial charge in [-0.15, -0.1) is 0 Å². The first-order valence-corrected chi connectivity index (χ1v) is 29.6. The number of ether oxygens (including phenoxy) is 4. The average Bonchev–Trinajstić information content (AvgIpc) is 2.66. The number of esters is 2. The lowest BCUT2D eigenvalue weighted by molar-refractivity contribution is -0.156. The molecule has 4 amide bonds. The first kappa shape index (κ1) is 66.9. The Bertz CT molecular complexity index is 3070. The van der Waals surface area contributed by atoms with Gasteiger partial charge in [0.1, 0.15) is 29.6 Å². The number of carbonyl (C=O) groups is 8. The standard InChI is InChI=1S/C59H81N9O15S/c1-38-31-44(32-39(2)53(38)84(78,79)67-46(56(75)76)36-64-55(74)41-19-22-47-43(33-41)35-65-68(47)29-28-61-49-17-12-13-25-60-49)80-30-14-18-50(70)62-26-27-63-54(73)42(20-23-51(71)82-58(3,4)5)34-48(69)45(21-24-52(72)83-59(6,7)8)66-57(77)81-37-40-15-10-9-11-16-40/h9-11,15-16,19,22,31-33,35,42,45-46,67H,12-14,17-18,20-21,23-30,34,36-37H2,1-8H3,(H,60,61)(H,62,70)(H,63,73)(H,64,74)(H,66,77)(H,75,76)/t42-,45+,46+/m1/s1. The number of hydrogen-bond acceptors (Lipinski definition) is 17. The van der Waals surface area contributed by atoms with Gasteiger partial charge in [0, 0.05) is 81.7 Å². The first-order chi connectivity index (χ1) is 39.7. The van der Waals surface area contributed by atoms with Crippen LogP contribution in [0.25, 0.3) is 10.9 Å². The number of nitrogens with zero attached hydrogens (tertiary/aromatic N) is 3. The van der Waals surface area contributed by atoms with E-state index in [0.717, 1.165) is 37.2 Å². The third-order valence-corrected chi connectivity index (χ3v) is 14.7. The minimum Gasteiger partial charge on any atom is -0.494 e. The Hall–Kier alpha value is -7.93. The van der Waals surface area contributed by atoms with Gasteiger partial charge < -0.3 is 50.6 Å². The van der Waals surface area contributed by atoms with Gasteiger partial charge in [0.25, 0.3) is 5.91 Å². The topological polar surface area (TPSA) is 330 Å². The molecule has 0 fully saturated rings. The number of fused-ring (bicyclic) bond motifs is 1. The predicted molar refractivity (Wildman–Crippen MR) is 311 cm³/mol. The first-order valence-electron chi connectivity index (χ1n) is 28.1. The number of aliphatic carboxylic acids is 1. The zero-order chi connectivity index (χ0) is 61.6. The number of rotatable bonds is 31. The number of nitrogens with one attached hydrogen (secondary N) is 6. The number of benzene rings is 3. The Morgan fingerprint density at radius 1 is 0.774 bits per heavy atom. The minimum atomic E-state index is -4.45. The molecule has 1 aliphatic rings. The van der Waals surface area contributed by atoms with Gasteiger partial charge in [-0.25, -0.2) is 13.2 Å². The molecule has 1 aromatic heterocycles. The maximum absolute atomic E-state index is 13.9. The fourth-order valence-corrected chi connectivity index (χ4v) is 10.7. The summed E-state index contributed by atoms with van der Waals surface area (Å²) in [5.74, 6) is -4.66. The van der Waals surface area contributed by atoms with Crippen LogP contribution in [0.2, 0.25) is 0 Å². The molecule has 3 aromatic carbocycles. The molecule has 25 heteroatoms. The van der Waals surface area contributed by atoms with E-state index in [4.69, 9.17) is 18.9 Å². The number of sulfonamides is 1. The highest BCUT2D eigenvalue weighted by Crippen LogP contribution is 2.27. The van der Waals surface area contributed by atoms with Crippen molar-refractivity contribution >= 4 is 74.3 Å². The normalized spacial score (nSPS) is 13.7. The molecule has 0 saturated heterocycles. The van der Waals surface area contributed by atoms with E-state index in [0.29, 0.717) is 29.8 Å². The third kappa shape index (κ3) is 23.0. The van der Waals surface area contributed by atoms with Crippen molar-refractivity contribution in [2.75, 3.05) is 39.3 Å². The van der Waals surface area contributed by atoms with Gasteiger partial charge >= 0.3 is 24.0 Å². The quantitative estimate of drug-likeness (QED) is 0.0186. The smallest absolute Gasteiger partial charge is 0.408 e. The summed E-state index contributed by atoms with van der Waals surface area (Å²) in [4.78, 5) is 109. The van der Waals surface area contributed by atoms with Crippen molar-refractivity contribution in [2.24, 2.45) is 10.9 Å². The van der Waals surface area contributed by atoms with E-state index in [2.05, 4.69) is 41.4 Å². The maximum Gasteiger partial charge on any atom is 0.408 e. The molecule has 2 heterocycles. The third-order valence-electron chi connectivity index (χ3n) is 12.9. The number of amidine groups is 1. The molecule has 5 rings (SSSR count). The molecule has 1 aliphatic heterocycles. The highest BCUT2D eigenvalue weighted by molar-refractivity contribution is 7.89. The Kier molecular flexibility index (Phi) is 25.2. The number of aryl methyl sites for hydroxylation is 2. The number of hydrogen-bond donors (Lipinski definition) is 7. The van der Waals surface area contributed by atoms with Gasteiger partial charge in [-0.3, -0.25) is 43.2 Å². The highest BCUT2D eigenvalue weighted by Gasteiger charge is 2.32. The van der Waals surface area contributed by atoms with Crippen molar-refractivity contribution in [2.45, 2.75) is 161 Å². The fourth-order valence-electron chi connectivity index (χ4n) is 9.01. The van der Waals surface area contributed by atoms with Crippen LogP contribution >= 0.6 is 0 Å². The summed E-state index contributed by atoms with van der Waals surface area (Å²) in [6.45, 7) is 14.6. The molecule has 0 bridgehead atoms. The second-order valence-electron chi connectivity index (χ2n) is 22.4. The molecule has 7 N–H and O–H groups in total. The van der Waals surface area contributed by atoms with Gasteiger partial charge in [0.05, 0.1) is 41.6 Å². The van der Waals surface area contributed by atoms with Gasteiger partial charge in [-0.05, 0) is 135 Å². The number of amides is 4. The van der Waals surface area contributed by atoms with Crippen LogP contribution in [0.3, 0.4) is 0 Å². The summed E-state index contributed by atoms with van der Waals surface area (Å²) in [5, 5.41) is 29.0. The van der Waals surface area contributed by atoms with E-state index >= 15 is 0 Å². The molecule has 24 nitrogen and oxygen atoms in total. The SMILES string of the molecule is Cc1cc(OCCCC(=O)NCCNC(=O)[C@H](CCC(=O)OC(C)(C)C)CC(=O)[C@H](CCC(=O)OC(C)(C)C)NC(=O)OCc2ccccc2)cc(C)c1S(=O)(=O)N[C@@H](CNC(=O)c1ccc2c(cnn2CCNC2=NCCCC2)c1)C(=O)O. The fraction of sp³-hybridized carbons (Fsp3) is 0.525. The van der Waals surface area contributed by atoms with Crippen LogP contribution in [0.5, 0.6) is 5.75 Å². The summed E-state index contributed by atoms with van der Waals surface area (Å²) >= 11 is 0. The van der Waals surface area contributed by atoms with Crippen LogP contribution in [-0.2, 0) is 66.2 Å². The Morgan fingerprint density at radius 2 is 1.44 bits per heavy atom. The van der Waals surface area contributed by atoms with Gasteiger partial charge in [0.2, 0.25) is 21.8 Å². The second-order valence-corrected chi connectivity index (χ2v) is 24.1.